The third-order valence-corrected chi connectivity index (χ3v) is 3.88. The SMILES string of the molecule is CC(C)CCNC(=O)NCc1cccn1Cc1ccc(Cl)cc1. The lowest BCUT2D eigenvalue weighted by atomic mass is 10.1. The number of carbonyl (C=O) groups excluding carboxylic acids is 1. The van der Waals surface area contributed by atoms with E-state index in [9.17, 15) is 4.79 Å². The highest BCUT2D eigenvalue weighted by Crippen LogP contribution is 2.12. The number of nitrogens with one attached hydrogen (secondary N) is 2. The molecule has 0 aliphatic rings. The summed E-state index contributed by atoms with van der Waals surface area (Å²) in [6.45, 7) is 6.26. The predicted molar refractivity (Wildman–Crippen MR) is 94.7 cm³/mol. The van der Waals surface area contributed by atoms with Crippen molar-refractivity contribution in [2.75, 3.05) is 6.54 Å². The van der Waals surface area contributed by atoms with E-state index in [1.54, 1.807) is 0 Å². The number of urea groups is 1. The zero-order chi connectivity index (χ0) is 16.7. The first-order valence-corrected chi connectivity index (χ1v) is 8.32. The summed E-state index contributed by atoms with van der Waals surface area (Å²) < 4.78 is 2.12. The lowest BCUT2D eigenvalue weighted by Gasteiger charge is -2.12. The summed E-state index contributed by atoms with van der Waals surface area (Å²) in [4.78, 5) is 11.8. The predicted octanol–water partition coefficient (Wildman–Crippen LogP) is 4.04. The van der Waals surface area contributed by atoms with Crippen LogP contribution in [0.2, 0.25) is 5.02 Å². The van der Waals surface area contributed by atoms with Crippen molar-refractivity contribution in [3.63, 3.8) is 0 Å². The van der Waals surface area contributed by atoms with Crippen molar-refractivity contribution >= 4 is 17.6 Å². The molecule has 0 saturated carbocycles. The molecule has 2 rings (SSSR count). The van der Waals surface area contributed by atoms with Crippen LogP contribution in [0.25, 0.3) is 0 Å². The maximum Gasteiger partial charge on any atom is 0.315 e. The summed E-state index contributed by atoms with van der Waals surface area (Å²) in [5.41, 5.74) is 2.24. The Labute approximate surface area is 142 Å². The summed E-state index contributed by atoms with van der Waals surface area (Å²) in [5, 5.41) is 6.52. The van der Waals surface area contributed by atoms with E-state index in [4.69, 9.17) is 11.6 Å². The first-order chi connectivity index (χ1) is 11.0. The molecule has 0 aliphatic carbocycles. The first-order valence-electron chi connectivity index (χ1n) is 7.95. The Kier molecular flexibility index (Phi) is 6.53. The highest BCUT2D eigenvalue weighted by atomic mass is 35.5. The van der Waals surface area contributed by atoms with Gasteiger partial charge in [0.05, 0.1) is 6.54 Å². The van der Waals surface area contributed by atoms with Gasteiger partial charge in [-0.1, -0.05) is 37.6 Å². The Morgan fingerprint density at radius 2 is 1.91 bits per heavy atom. The molecule has 0 fully saturated rings. The van der Waals surface area contributed by atoms with Gasteiger partial charge in [-0.05, 0) is 42.2 Å². The van der Waals surface area contributed by atoms with Crippen molar-refractivity contribution < 1.29 is 4.79 Å². The van der Waals surface area contributed by atoms with Gasteiger partial charge in [0.15, 0.2) is 0 Å². The van der Waals surface area contributed by atoms with Crippen LogP contribution >= 0.6 is 11.6 Å². The van der Waals surface area contributed by atoms with Gasteiger partial charge >= 0.3 is 6.03 Å². The molecule has 0 radical (unpaired) electrons. The molecular formula is C18H24ClN3O. The van der Waals surface area contributed by atoms with Gasteiger partial charge in [-0.2, -0.15) is 0 Å². The van der Waals surface area contributed by atoms with E-state index < -0.39 is 0 Å². The van der Waals surface area contributed by atoms with Crippen molar-refractivity contribution in [3.8, 4) is 0 Å². The second-order valence-corrected chi connectivity index (χ2v) is 6.48. The smallest absolute Gasteiger partial charge is 0.315 e. The fourth-order valence-corrected chi connectivity index (χ4v) is 2.38. The lowest BCUT2D eigenvalue weighted by molar-refractivity contribution is 0.239. The molecule has 4 nitrogen and oxygen atoms in total. The van der Waals surface area contributed by atoms with E-state index in [2.05, 4.69) is 29.0 Å². The molecule has 0 saturated heterocycles. The highest BCUT2D eigenvalue weighted by Gasteiger charge is 2.05. The number of nitrogens with zero attached hydrogens (tertiary/aromatic N) is 1. The fourth-order valence-electron chi connectivity index (χ4n) is 2.26. The Hall–Kier alpha value is -1.94. The minimum Gasteiger partial charge on any atom is -0.345 e. The molecular weight excluding hydrogens is 310 g/mol. The van der Waals surface area contributed by atoms with Gasteiger partial charge in [0, 0.05) is 30.0 Å². The maximum atomic E-state index is 11.8. The van der Waals surface area contributed by atoms with Gasteiger partial charge in [0.2, 0.25) is 0 Å². The van der Waals surface area contributed by atoms with Crippen LogP contribution in [0.5, 0.6) is 0 Å². The first kappa shape index (κ1) is 17.4. The van der Waals surface area contributed by atoms with Crippen molar-refractivity contribution in [2.24, 2.45) is 5.92 Å². The van der Waals surface area contributed by atoms with Crippen LogP contribution in [0.3, 0.4) is 0 Å². The van der Waals surface area contributed by atoms with E-state index in [0.29, 0.717) is 19.0 Å². The molecule has 124 valence electrons. The molecule has 2 N–H and O–H groups in total. The van der Waals surface area contributed by atoms with Gasteiger partial charge in [-0.25, -0.2) is 4.79 Å². The van der Waals surface area contributed by atoms with E-state index in [1.165, 1.54) is 5.56 Å². The molecule has 0 atom stereocenters. The zero-order valence-electron chi connectivity index (χ0n) is 13.7. The molecule has 1 aromatic carbocycles. The number of hydrogen-bond acceptors (Lipinski definition) is 1. The van der Waals surface area contributed by atoms with E-state index in [0.717, 1.165) is 23.7 Å². The topological polar surface area (TPSA) is 46.1 Å². The Balaban J connectivity index is 1.83. The van der Waals surface area contributed by atoms with Crippen molar-refractivity contribution in [1.82, 2.24) is 15.2 Å². The molecule has 5 heteroatoms. The van der Waals surface area contributed by atoms with Crippen molar-refractivity contribution in [1.29, 1.82) is 0 Å². The van der Waals surface area contributed by atoms with Gasteiger partial charge in [-0.3, -0.25) is 0 Å². The van der Waals surface area contributed by atoms with Crippen LogP contribution < -0.4 is 10.6 Å². The molecule has 23 heavy (non-hydrogen) atoms. The van der Waals surface area contributed by atoms with E-state index >= 15 is 0 Å². The Morgan fingerprint density at radius 3 is 2.61 bits per heavy atom. The molecule has 0 spiro atoms. The standard InChI is InChI=1S/C18H24ClN3O/c1-14(2)9-10-20-18(23)21-12-17-4-3-11-22(17)13-15-5-7-16(19)8-6-15/h3-8,11,14H,9-10,12-13H2,1-2H3,(H2,20,21,23). The summed E-state index contributed by atoms with van der Waals surface area (Å²) in [6.07, 6.45) is 3.00. The molecule has 0 bridgehead atoms. The third kappa shape index (κ3) is 5.99. The number of halogens is 1. The fraction of sp³-hybridized carbons (Fsp3) is 0.389. The minimum absolute atomic E-state index is 0.120. The maximum absolute atomic E-state index is 11.8. The summed E-state index contributed by atoms with van der Waals surface area (Å²) >= 11 is 5.91. The monoisotopic (exact) mass is 333 g/mol. The normalized spacial score (nSPS) is 10.8. The molecule has 2 amide bonds. The number of carbonyl (C=O) groups is 1. The Morgan fingerprint density at radius 1 is 1.17 bits per heavy atom. The number of benzene rings is 1. The molecule has 0 aliphatic heterocycles. The quantitative estimate of drug-likeness (QED) is 0.789. The number of rotatable bonds is 7. The third-order valence-electron chi connectivity index (χ3n) is 3.63. The van der Waals surface area contributed by atoms with E-state index in [1.807, 2.05) is 42.6 Å². The summed E-state index contributed by atoms with van der Waals surface area (Å²) in [6, 6.07) is 11.7. The van der Waals surface area contributed by atoms with Gasteiger partial charge in [0.1, 0.15) is 0 Å². The van der Waals surface area contributed by atoms with Crippen LogP contribution in [0.4, 0.5) is 4.79 Å². The van der Waals surface area contributed by atoms with Crippen LogP contribution in [0.1, 0.15) is 31.5 Å². The largest absolute Gasteiger partial charge is 0.345 e. The number of aromatic nitrogens is 1. The van der Waals surface area contributed by atoms with Crippen molar-refractivity contribution in [2.45, 2.75) is 33.4 Å². The molecule has 0 unspecified atom stereocenters. The molecule has 1 aromatic heterocycles. The average molecular weight is 334 g/mol. The second kappa shape index (κ2) is 8.63. The van der Waals surface area contributed by atoms with Crippen LogP contribution in [-0.4, -0.2) is 17.1 Å². The van der Waals surface area contributed by atoms with Gasteiger partial charge < -0.3 is 15.2 Å². The number of hydrogen-bond donors (Lipinski definition) is 2. The summed E-state index contributed by atoms with van der Waals surface area (Å²) in [7, 11) is 0. The van der Waals surface area contributed by atoms with Crippen LogP contribution in [0, 0.1) is 5.92 Å². The number of amides is 2. The Bertz CT molecular complexity index is 619. The van der Waals surface area contributed by atoms with Gasteiger partial charge in [-0.15, -0.1) is 0 Å². The van der Waals surface area contributed by atoms with Crippen LogP contribution in [-0.2, 0) is 13.1 Å². The molecule has 1 heterocycles. The van der Waals surface area contributed by atoms with Crippen LogP contribution in [0.15, 0.2) is 42.6 Å². The molecule has 2 aromatic rings. The minimum atomic E-state index is -0.120. The summed E-state index contributed by atoms with van der Waals surface area (Å²) in [5.74, 6) is 0.590. The lowest BCUT2D eigenvalue weighted by Crippen LogP contribution is -2.36. The zero-order valence-corrected chi connectivity index (χ0v) is 14.4. The van der Waals surface area contributed by atoms with Gasteiger partial charge in [0.25, 0.3) is 0 Å². The van der Waals surface area contributed by atoms with E-state index in [-0.39, 0.29) is 6.03 Å². The highest BCUT2D eigenvalue weighted by molar-refractivity contribution is 6.30. The average Bonchev–Trinajstić information content (AvgIpc) is 2.94. The second-order valence-electron chi connectivity index (χ2n) is 6.05. The van der Waals surface area contributed by atoms with Crippen molar-refractivity contribution in [3.05, 3.63) is 58.9 Å².